The molecule has 0 aliphatic heterocycles. The highest BCUT2D eigenvalue weighted by Crippen LogP contribution is 2.36. The molecule has 1 aromatic carbocycles. The molecule has 0 radical (unpaired) electrons. The van der Waals surface area contributed by atoms with Crippen LogP contribution in [0.1, 0.15) is 102 Å². The summed E-state index contributed by atoms with van der Waals surface area (Å²) in [5.41, 5.74) is 4.69. The molecule has 0 aromatic heterocycles. The summed E-state index contributed by atoms with van der Waals surface area (Å²) in [7, 11) is 0. The first-order chi connectivity index (χ1) is 13.3. The van der Waals surface area contributed by atoms with E-state index in [1.54, 1.807) is 5.57 Å². The van der Waals surface area contributed by atoms with Gasteiger partial charge in [-0.1, -0.05) is 94.7 Å². The molecule has 0 amide bonds. The van der Waals surface area contributed by atoms with Gasteiger partial charge in [0.2, 0.25) is 0 Å². The molecule has 0 nitrogen and oxygen atoms in total. The largest absolute Gasteiger partial charge is 0.0850 e. The van der Waals surface area contributed by atoms with E-state index in [2.05, 4.69) is 44.2 Å². The summed E-state index contributed by atoms with van der Waals surface area (Å²) in [6.07, 6.45) is 22.4. The maximum absolute atomic E-state index is 2.60. The van der Waals surface area contributed by atoms with E-state index in [0.29, 0.717) is 0 Å². The van der Waals surface area contributed by atoms with Crippen molar-refractivity contribution in [2.24, 2.45) is 17.8 Å². The van der Waals surface area contributed by atoms with Crippen LogP contribution in [0.2, 0.25) is 0 Å². The van der Waals surface area contributed by atoms with Crippen LogP contribution in [0.5, 0.6) is 0 Å². The lowest BCUT2D eigenvalue weighted by molar-refractivity contribution is 0.236. The third-order valence-electron chi connectivity index (χ3n) is 7.43. The number of aryl methyl sites for hydroxylation is 2. The van der Waals surface area contributed by atoms with E-state index in [1.165, 1.54) is 94.6 Å². The fourth-order valence-corrected chi connectivity index (χ4v) is 5.37. The summed E-state index contributed by atoms with van der Waals surface area (Å²) in [5, 5.41) is 0. The van der Waals surface area contributed by atoms with Gasteiger partial charge in [-0.3, -0.25) is 0 Å². The summed E-state index contributed by atoms with van der Waals surface area (Å²) in [5.74, 6) is 3.09. The lowest BCUT2D eigenvalue weighted by Gasteiger charge is -2.30. The lowest BCUT2D eigenvalue weighted by Crippen LogP contribution is -2.16. The summed E-state index contributed by atoms with van der Waals surface area (Å²) in [4.78, 5) is 0. The van der Waals surface area contributed by atoms with E-state index < -0.39 is 0 Å². The zero-order valence-corrected chi connectivity index (χ0v) is 18.0. The summed E-state index contributed by atoms with van der Waals surface area (Å²) >= 11 is 0. The fraction of sp³-hybridized carbons (Fsp3) is 0.704. The SMILES string of the molecule is CCC[C@H]1CC[C@H](CCC2CC=C(CCc3ccc(CC)cc3)CC2)CC1. The Hall–Kier alpha value is -1.04. The van der Waals surface area contributed by atoms with Crippen molar-refractivity contribution in [3.63, 3.8) is 0 Å². The van der Waals surface area contributed by atoms with Gasteiger partial charge in [-0.25, -0.2) is 0 Å². The monoisotopic (exact) mass is 366 g/mol. The van der Waals surface area contributed by atoms with E-state index in [9.17, 15) is 0 Å². The third-order valence-corrected chi connectivity index (χ3v) is 7.43. The molecular formula is C27H42. The Morgan fingerprint density at radius 3 is 1.93 bits per heavy atom. The van der Waals surface area contributed by atoms with Gasteiger partial charge in [0.05, 0.1) is 0 Å². The molecule has 0 spiro atoms. The molecule has 27 heavy (non-hydrogen) atoms. The molecule has 1 fully saturated rings. The Morgan fingerprint density at radius 2 is 1.33 bits per heavy atom. The second-order valence-corrected chi connectivity index (χ2v) is 9.43. The Morgan fingerprint density at radius 1 is 0.704 bits per heavy atom. The van der Waals surface area contributed by atoms with Crippen LogP contribution in [0.4, 0.5) is 0 Å². The second kappa shape index (κ2) is 11.1. The minimum Gasteiger partial charge on any atom is -0.0850 e. The van der Waals surface area contributed by atoms with E-state index in [-0.39, 0.29) is 0 Å². The van der Waals surface area contributed by atoms with Crippen LogP contribution >= 0.6 is 0 Å². The molecule has 0 heteroatoms. The van der Waals surface area contributed by atoms with Crippen molar-refractivity contribution in [3.8, 4) is 0 Å². The zero-order valence-electron chi connectivity index (χ0n) is 18.0. The lowest BCUT2D eigenvalue weighted by atomic mass is 9.76. The maximum atomic E-state index is 2.60. The van der Waals surface area contributed by atoms with E-state index in [0.717, 1.165) is 24.2 Å². The molecule has 1 atom stereocenters. The second-order valence-electron chi connectivity index (χ2n) is 9.43. The van der Waals surface area contributed by atoms with Crippen LogP contribution in [-0.4, -0.2) is 0 Å². The Kier molecular flexibility index (Phi) is 8.49. The number of benzene rings is 1. The number of allylic oxidation sites excluding steroid dienone is 2. The van der Waals surface area contributed by atoms with Crippen LogP contribution in [-0.2, 0) is 12.8 Å². The Labute approximate surface area is 168 Å². The van der Waals surface area contributed by atoms with Crippen molar-refractivity contribution in [1.29, 1.82) is 0 Å². The van der Waals surface area contributed by atoms with Gasteiger partial charge in [0.1, 0.15) is 0 Å². The predicted molar refractivity (Wildman–Crippen MR) is 119 cm³/mol. The minimum atomic E-state index is 0.978. The van der Waals surface area contributed by atoms with Gasteiger partial charge in [-0.15, -0.1) is 0 Å². The molecule has 0 N–H and O–H groups in total. The summed E-state index contributed by atoms with van der Waals surface area (Å²) in [6.45, 7) is 4.58. The molecule has 0 bridgehead atoms. The molecule has 0 saturated heterocycles. The first-order valence-corrected chi connectivity index (χ1v) is 12.0. The molecule has 2 aliphatic carbocycles. The van der Waals surface area contributed by atoms with Crippen molar-refractivity contribution in [2.45, 2.75) is 104 Å². The van der Waals surface area contributed by atoms with Gasteiger partial charge in [0.25, 0.3) is 0 Å². The first kappa shape index (κ1) is 20.7. The van der Waals surface area contributed by atoms with Gasteiger partial charge in [0.15, 0.2) is 0 Å². The molecule has 1 unspecified atom stereocenters. The number of hydrogen-bond acceptors (Lipinski definition) is 0. The van der Waals surface area contributed by atoms with Gasteiger partial charge >= 0.3 is 0 Å². The van der Waals surface area contributed by atoms with Crippen molar-refractivity contribution in [1.82, 2.24) is 0 Å². The fourth-order valence-electron chi connectivity index (χ4n) is 5.37. The standard InChI is InChI=1S/C27H42/c1-3-5-23-10-12-25(13-11-23)16-17-27-20-18-26(19-21-27)15-14-24-8-6-22(4-2)7-9-24/h6-9,18,23,25,27H,3-5,10-17,19-21H2,1-2H3/t23-,25-,27?. The van der Waals surface area contributed by atoms with Gasteiger partial charge in [-0.2, -0.15) is 0 Å². The van der Waals surface area contributed by atoms with Crippen molar-refractivity contribution in [2.75, 3.05) is 0 Å². The minimum absolute atomic E-state index is 0.978. The molecule has 150 valence electrons. The van der Waals surface area contributed by atoms with Gasteiger partial charge < -0.3 is 0 Å². The van der Waals surface area contributed by atoms with Crippen LogP contribution in [0.25, 0.3) is 0 Å². The smallest absolute Gasteiger partial charge is 0.0241 e. The number of hydrogen-bond donors (Lipinski definition) is 0. The quantitative estimate of drug-likeness (QED) is 0.385. The highest BCUT2D eigenvalue weighted by molar-refractivity contribution is 5.23. The van der Waals surface area contributed by atoms with E-state index >= 15 is 0 Å². The van der Waals surface area contributed by atoms with Crippen LogP contribution in [0.15, 0.2) is 35.9 Å². The first-order valence-electron chi connectivity index (χ1n) is 12.0. The van der Waals surface area contributed by atoms with Crippen molar-refractivity contribution < 1.29 is 0 Å². The highest BCUT2D eigenvalue weighted by Gasteiger charge is 2.22. The molecule has 1 aromatic rings. The highest BCUT2D eigenvalue weighted by atomic mass is 14.3. The van der Waals surface area contributed by atoms with Gasteiger partial charge in [0, 0.05) is 0 Å². The van der Waals surface area contributed by atoms with Crippen LogP contribution in [0, 0.1) is 17.8 Å². The van der Waals surface area contributed by atoms with Crippen LogP contribution < -0.4 is 0 Å². The molecule has 2 aliphatic rings. The van der Waals surface area contributed by atoms with E-state index in [1.807, 2.05) is 0 Å². The summed E-state index contributed by atoms with van der Waals surface area (Å²) in [6, 6.07) is 9.27. The Balaban J connectivity index is 1.32. The summed E-state index contributed by atoms with van der Waals surface area (Å²) < 4.78 is 0. The maximum Gasteiger partial charge on any atom is -0.0241 e. The normalized spacial score (nSPS) is 26.0. The molecular weight excluding hydrogens is 324 g/mol. The van der Waals surface area contributed by atoms with Gasteiger partial charge in [-0.05, 0) is 73.8 Å². The van der Waals surface area contributed by atoms with Crippen molar-refractivity contribution in [3.05, 3.63) is 47.0 Å². The number of rotatable bonds is 9. The zero-order chi connectivity index (χ0) is 18.9. The predicted octanol–water partition coefficient (Wildman–Crippen LogP) is 8.29. The third kappa shape index (κ3) is 6.81. The Bertz CT molecular complexity index is 556. The average molecular weight is 367 g/mol. The topological polar surface area (TPSA) is 0 Å². The molecule has 0 heterocycles. The van der Waals surface area contributed by atoms with Crippen LogP contribution in [0.3, 0.4) is 0 Å². The van der Waals surface area contributed by atoms with E-state index in [4.69, 9.17) is 0 Å². The van der Waals surface area contributed by atoms with Crippen molar-refractivity contribution >= 4 is 0 Å². The molecule has 3 rings (SSSR count). The molecule has 1 saturated carbocycles. The average Bonchev–Trinajstić information content (AvgIpc) is 2.73.